The average molecular weight is 449 g/mol. The van der Waals surface area contributed by atoms with Crippen molar-refractivity contribution in [3.05, 3.63) is 90.6 Å². The zero-order valence-corrected chi connectivity index (χ0v) is 19.1. The van der Waals surface area contributed by atoms with E-state index in [0.29, 0.717) is 22.5 Å². The second-order valence-electron chi connectivity index (χ2n) is 7.63. The van der Waals surface area contributed by atoms with Gasteiger partial charge in [0, 0.05) is 26.2 Å². The number of nitrogens with zero attached hydrogens (tertiary/aromatic N) is 4. The van der Waals surface area contributed by atoms with Crippen molar-refractivity contribution in [2.24, 2.45) is 0 Å². The van der Waals surface area contributed by atoms with Crippen molar-refractivity contribution in [2.45, 2.75) is 19.8 Å². The largest absolute Gasteiger partial charge is 0.494 e. The number of benzene rings is 2. The molecule has 0 radical (unpaired) electrons. The lowest BCUT2D eigenvalue weighted by Gasteiger charge is -2.11. The molecule has 2 aromatic carbocycles. The van der Waals surface area contributed by atoms with Gasteiger partial charge in [0.25, 0.3) is 11.1 Å². The van der Waals surface area contributed by atoms with Crippen molar-refractivity contribution < 1.29 is 4.74 Å². The summed E-state index contributed by atoms with van der Waals surface area (Å²) in [7, 11) is 3.95. The Morgan fingerprint density at radius 2 is 1.78 bits per heavy atom. The van der Waals surface area contributed by atoms with Gasteiger partial charge < -0.3 is 9.64 Å². The summed E-state index contributed by atoms with van der Waals surface area (Å²) in [6, 6.07) is 15.4. The zero-order chi connectivity index (χ0) is 22.7. The van der Waals surface area contributed by atoms with Crippen LogP contribution in [0.5, 0.6) is 5.75 Å². The average Bonchev–Trinajstić information content (AvgIpc) is 3.08. The molecule has 8 heteroatoms. The van der Waals surface area contributed by atoms with Gasteiger partial charge in [0.2, 0.25) is 4.96 Å². The maximum absolute atomic E-state index is 12.9. The standard InChI is InChI=1S/C24H24N4O3S/c1-4-13-31-19-11-7-16(8-12-19)14-20-22(29)25-24-28(26-20)23(30)21(32-24)15-17-5-9-18(10-6-17)27(2)3/h5-12,15H,4,13-14H2,1-3H3. The van der Waals surface area contributed by atoms with E-state index in [1.165, 1.54) is 4.52 Å². The molecule has 2 heterocycles. The molecule has 2 aromatic heterocycles. The molecule has 0 aliphatic carbocycles. The summed E-state index contributed by atoms with van der Waals surface area (Å²) in [4.78, 5) is 31.8. The van der Waals surface area contributed by atoms with Crippen molar-refractivity contribution in [2.75, 3.05) is 25.6 Å². The van der Waals surface area contributed by atoms with E-state index < -0.39 is 5.56 Å². The van der Waals surface area contributed by atoms with Gasteiger partial charge in [-0.2, -0.15) is 14.6 Å². The topological polar surface area (TPSA) is 76.8 Å². The van der Waals surface area contributed by atoms with Crippen LogP contribution >= 0.6 is 11.3 Å². The molecule has 0 fully saturated rings. The van der Waals surface area contributed by atoms with Gasteiger partial charge >= 0.3 is 0 Å². The number of hydrogen-bond acceptors (Lipinski definition) is 7. The van der Waals surface area contributed by atoms with Crippen molar-refractivity contribution in [1.29, 1.82) is 0 Å². The van der Waals surface area contributed by atoms with Gasteiger partial charge in [-0.3, -0.25) is 9.59 Å². The zero-order valence-electron chi connectivity index (χ0n) is 18.2. The monoisotopic (exact) mass is 448 g/mol. The molecule has 7 nitrogen and oxygen atoms in total. The first kappa shape index (κ1) is 21.7. The first-order valence-corrected chi connectivity index (χ1v) is 11.2. The van der Waals surface area contributed by atoms with E-state index in [9.17, 15) is 9.59 Å². The highest BCUT2D eigenvalue weighted by Crippen LogP contribution is 2.15. The van der Waals surface area contributed by atoms with Crippen molar-refractivity contribution >= 4 is 28.1 Å². The molecule has 0 aliphatic rings. The first-order valence-electron chi connectivity index (χ1n) is 10.4. The molecule has 0 amide bonds. The SMILES string of the molecule is CCCOc1ccc(Cc2nn3c(=O)c(=Cc4ccc(N(C)C)cc4)sc3nc2=O)cc1. The van der Waals surface area contributed by atoms with E-state index in [-0.39, 0.29) is 11.3 Å². The van der Waals surface area contributed by atoms with Gasteiger partial charge in [0.05, 0.1) is 11.1 Å². The van der Waals surface area contributed by atoms with E-state index >= 15 is 0 Å². The van der Waals surface area contributed by atoms with E-state index in [4.69, 9.17) is 4.74 Å². The maximum Gasteiger partial charge on any atom is 0.296 e. The molecule has 0 atom stereocenters. The van der Waals surface area contributed by atoms with Crippen LogP contribution in [0.1, 0.15) is 30.2 Å². The van der Waals surface area contributed by atoms with Crippen molar-refractivity contribution in [3.8, 4) is 5.75 Å². The van der Waals surface area contributed by atoms with Crippen molar-refractivity contribution in [3.63, 3.8) is 0 Å². The predicted molar refractivity (Wildman–Crippen MR) is 128 cm³/mol. The molecule has 0 N–H and O–H groups in total. The smallest absolute Gasteiger partial charge is 0.296 e. The first-order chi connectivity index (χ1) is 15.4. The lowest BCUT2D eigenvalue weighted by molar-refractivity contribution is 0.317. The molecule has 0 aliphatic heterocycles. The van der Waals surface area contributed by atoms with E-state index in [0.717, 1.165) is 40.3 Å². The van der Waals surface area contributed by atoms with Crippen LogP contribution < -0.4 is 25.3 Å². The van der Waals surface area contributed by atoms with Gasteiger partial charge in [0.1, 0.15) is 11.4 Å². The van der Waals surface area contributed by atoms with Gasteiger partial charge in [-0.15, -0.1) is 0 Å². The Hall–Kier alpha value is -3.52. The van der Waals surface area contributed by atoms with Crippen LogP contribution in [0.3, 0.4) is 0 Å². The molecule has 164 valence electrons. The molecule has 0 bridgehead atoms. The van der Waals surface area contributed by atoms with Crippen LogP contribution in [-0.4, -0.2) is 35.3 Å². The minimum absolute atomic E-state index is 0.238. The molecule has 32 heavy (non-hydrogen) atoms. The number of rotatable bonds is 7. The van der Waals surface area contributed by atoms with Crippen LogP contribution in [0.25, 0.3) is 11.0 Å². The lowest BCUT2D eigenvalue weighted by atomic mass is 10.1. The second kappa shape index (κ2) is 9.32. The van der Waals surface area contributed by atoms with Gasteiger partial charge in [-0.25, -0.2) is 0 Å². The predicted octanol–water partition coefficient (Wildman–Crippen LogP) is 2.50. The fourth-order valence-corrected chi connectivity index (χ4v) is 4.09. The minimum atomic E-state index is -0.417. The number of fused-ring (bicyclic) bond motifs is 1. The molecular weight excluding hydrogens is 424 g/mol. The Bertz CT molecular complexity index is 1390. The number of thiazole rings is 1. The normalized spacial score (nSPS) is 11.8. The second-order valence-corrected chi connectivity index (χ2v) is 8.64. The maximum atomic E-state index is 12.9. The molecular formula is C24H24N4O3S. The Morgan fingerprint density at radius 1 is 1.06 bits per heavy atom. The third kappa shape index (κ3) is 4.70. The Balaban J connectivity index is 1.64. The summed E-state index contributed by atoms with van der Waals surface area (Å²) >= 11 is 1.16. The molecule has 0 spiro atoms. The summed E-state index contributed by atoms with van der Waals surface area (Å²) in [5.41, 5.74) is 2.41. The summed E-state index contributed by atoms with van der Waals surface area (Å²) in [6.45, 7) is 2.71. The van der Waals surface area contributed by atoms with E-state index in [2.05, 4.69) is 17.0 Å². The summed E-state index contributed by atoms with van der Waals surface area (Å²) < 4.78 is 7.29. The van der Waals surface area contributed by atoms with Crippen LogP contribution in [0.15, 0.2) is 58.1 Å². The quantitative estimate of drug-likeness (QED) is 0.432. The molecule has 4 aromatic rings. The highest BCUT2D eigenvalue weighted by atomic mass is 32.1. The Kier molecular flexibility index (Phi) is 6.32. The highest BCUT2D eigenvalue weighted by molar-refractivity contribution is 7.15. The summed E-state index contributed by atoms with van der Waals surface area (Å²) in [5.74, 6) is 0.785. The van der Waals surface area contributed by atoms with E-state index in [1.54, 1.807) is 6.08 Å². The Morgan fingerprint density at radius 3 is 2.44 bits per heavy atom. The van der Waals surface area contributed by atoms with Crippen LogP contribution in [0.2, 0.25) is 0 Å². The third-order valence-corrected chi connectivity index (χ3v) is 5.88. The highest BCUT2D eigenvalue weighted by Gasteiger charge is 2.12. The number of ether oxygens (including phenoxy) is 1. The van der Waals surface area contributed by atoms with Gasteiger partial charge in [-0.1, -0.05) is 42.5 Å². The molecule has 0 saturated carbocycles. The number of hydrogen-bond donors (Lipinski definition) is 0. The van der Waals surface area contributed by atoms with Gasteiger partial charge in [0.15, 0.2) is 0 Å². The summed E-state index contributed by atoms with van der Waals surface area (Å²) in [6.07, 6.45) is 3.03. The fraction of sp³-hybridized carbons (Fsp3) is 0.250. The van der Waals surface area contributed by atoms with Crippen molar-refractivity contribution in [1.82, 2.24) is 14.6 Å². The van der Waals surface area contributed by atoms with Crippen LogP contribution in [0, 0.1) is 0 Å². The van der Waals surface area contributed by atoms with E-state index in [1.807, 2.05) is 67.5 Å². The third-order valence-electron chi connectivity index (χ3n) is 4.93. The number of anilines is 1. The molecule has 0 unspecified atom stereocenters. The van der Waals surface area contributed by atoms with Gasteiger partial charge in [-0.05, 0) is 47.9 Å². The lowest BCUT2D eigenvalue weighted by Crippen LogP contribution is -2.28. The minimum Gasteiger partial charge on any atom is -0.494 e. The molecule has 0 saturated heterocycles. The number of aromatic nitrogens is 3. The summed E-state index contributed by atoms with van der Waals surface area (Å²) in [5, 5.41) is 4.32. The molecule has 4 rings (SSSR count). The van der Waals surface area contributed by atoms with Crippen LogP contribution in [-0.2, 0) is 6.42 Å². The van der Waals surface area contributed by atoms with Crippen LogP contribution in [0.4, 0.5) is 5.69 Å². The Labute approximate surface area is 189 Å². The fourth-order valence-electron chi connectivity index (χ4n) is 3.19.